The lowest BCUT2D eigenvalue weighted by molar-refractivity contribution is 0.0696. The van der Waals surface area contributed by atoms with Gasteiger partial charge in [0.1, 0.15) is 5.75 Å². The zero-order valence-electron chi connectivity index (χ0n) is 20.3. The average Bonchev–Trinajstić information content (AvgIpc) is 3.53. The fraction of sp³-hybridized carbons (Fsp3) is 0.129. The van der Waals surface area contributed by atoms with Gasteiger partial charge in [-0.1, -0.05) is 66.7 Å². The van der Waals surface area contributed by atoms with Crippen LogP contribution in [0.2, 0.25) is 0 Å². The Bertz CT molecular complexity index is 1550. The molecule has 5 aromatic rings. The van der Waals surface area contributed by atoms with Gasteiger partial charge in [-0.25, -0.2) is 4.79 Å². The van der Waals surface area contributed by atoms with Crippen LogP contribution in [-0.4, -0.2) is 29.5 Å². The highest BCUT2D eigenvalue weighted by Gasteiger charge is 2.24. The second-order valence-corrected chi connectivity index (χ2v) is 9.02. The van der Waals surface area contributed by atoms with E-state index < -0.39 is 5.97 Å². The third-order valence-electron chi connectivity index (χ3n) is 6.83. The molecular formula is C31H25NO5. The second-order valence-electron chi connectivity index (χ2n) is 9.02. The first kappa shape index (κ1) is 22.7. The summed E-state index contributed by atoms with van der Waals surface area (Å²) in [5, 5.41) is 10.5. The zero-order chi connectivity index (χ0) is 25.4. The normalized spacial score (nSPS) is 12.3. The topological polar surface area (TPSA) is 69.9 Å². The number of hydrogen-bond donors (Lipinski definition) is 1. The molecule has 0 saturated heterocycles. The number of benzene rings is 4. The Hall–Kier alpha value is -4.71. The molecule has 0 radical (unpaired) electrons. The quantitative estimate of drug-likeness (QED) is 0.289. The maximum atomic E-state index is 11.5. The minimum Gasteiger partial charge on any atom is -0.496 e. The van der Waals surface area contributed by atoms with Gasteiger partial charge in [-0.3, -0.25) is 0 Å². The van der Waals surface area contributed by atoms with Crippen molar-refractivity contribution in [3.8, 4) is 17.2 Å². The molecule has 0 amide bonds. The van der Waals surface area contributed by atoms with Crippen molar-refractivity contribution in [2.75, 3.05) is 13.9 Å². The molecular weight excluding hydrogens is 466 g/mol. The van der Waals surface area contributed by atoms with Crippen molar-refractivity contribution in [3.63, 3.8) is 0 Å². The number of nitrogens with zero attached hydrogens (tertiary/aromatic N) is 1. The van der Waals surface area contributed by atoms with Crippen molar-refractivity contribution in [1.82, 2.24) is 4.57 Å². The Kier molecular flexibility index (Phi) is 5.77. The van der Waals surface area contributed by atoms with E-state index in [-0.39, 0.29) is 18.4 Å². The van der Waals surface area contributed by atoms with Crippen LogP contribution in [-0.2, 0) is 6.42 Å². The van der Waals surface area contributed by atoms with Gasteiger partial charge in [-0.15, -0.1) is 0 Å². The summed E-state index contributed by atoms with van der Waals surface area (Å²) >= 11 is 0. The number of methoxy groups -OCH3 is 1. The maximum Gasteiger partial charge on any atom is 0.335 e. The Labute approximate surface area is 214 Å². The highest BCUT2D eigenvalue weighted by Crippen LogP contribution is 2.41. The molecule has 0 saturated carbocycles. The van der Waals surface area contributed by atoms with Crippen LogP contribution >= 0.6 is 0 Å². The zero-order valence-corrected chi connectivity index (χ0v) is 20.3. The summed E-state index contributed by atoms with van der Waals surface area (Å²) in [6.45, 7) is 0.197. The fourth-order valence-electron chi connectivity index (χ4n) is 5.08. The molecule has 1 aliphatic rings. The average molecular weight is 492 g/mol. The summed E-state index contributed by atoms with van der Waals surface area (Å²) in [6.07, 6.45) is 2.73. The number of carboxylic acid groups (broad SMARTS) is 1. The van der Waals surface area contributed by atoms with E-state index in [1.165, 1.54) is 11.1 Å². The van der Waals surface area contributed by atoms with Crippen LogP contribution in [0.25, 0.3) is 10.9 Å². The van der Waals surface area contributed by atoms with E-state index in [1.54, 1.807) is 19.2 Å². The third-order valence-corrected chi connectivity index (χ3v) is 6.83. The molecule has 0 spiro atoms. The van der Waals surface area contributed by atoms with Gasteiger partial charge < -0.3 is 23.9 Å². The summed E-state index contributed by atoms with van der Waals surface area (Å²) in [5.74, 6) is 1.00. The van der Waals surface area contributed by atoms with Gasteiger partial charge in [0, 0.05) is 24.1 Å². The summed E-state index contributed by atoms with van der Waals surface area (Å²) < 4.78 is 19.3. The first-order valence-electron chi connectivity index (χ1n) is 12.1. The number of carbonyl (C=O) groups is 1. The van der Waals surface area contributed by atoms with E-state index in [0.29, 0.717) is 12.2 Å². The molecule has 0 bridgehead atoms. The van der Waals surface area contributed by atoms with Gasteiger partial charge in [0.2, 0.25) is 6.79 Å². The van der Waals surface area contributed by atoms with Gasteiger partial charge >= 0.3 is 5.97 Å². The van der Waals surface area contributed by atoms with Gasteiger partial charge in [0.15, 0.2) is 11.5 Å². The summed E-state index contributed by atoms with van der Waals surface area (Å²) in [5.41, 5.74) is 5.53. The Morgan fingerprint density at radius 1 is 0.892 bits per heavy atom. The van der Waals surface area contributed by atoms with Crippen molar-refractivity contribution >= 4 is 16.9 Å². The predicted octanol–water partition coefficient (Wildman–Crippen LogP) is 6.31. The van der Waals surface area contributed by atoms with E-state index in [2.05, 4.69) is 59.3 Å². The molecule has 1 N–H and O–H groups in total. The van der Waals surface area contributed by atoms with E-state index in [9.17, 15) is 9.90 Å². The first-order chi connectivity index (χ1) is 18.1. The van der Waals surface area contributed by atoms with Crippen LogP contribution < -0.4 is 14.2 Å². The van der Waals surface area contributed by atoms with E-state index in [4.69, 9.17) is 14.2 Å². The molecule has 37 heavy (non-hydrogen) atoms. The molecule has 184 valence electrons. The largest absolute Gasteiger partial charge is 0.496 e. The van der Waals surface area contributed by atoms with Crippen molar-refractivity contribution in [2.24, 2.45) is 0 Å². The lowest BCUT2D eigenvalue weighted by Gasteiger charge is -2.21. The third kappa shape index (κ3) is 4.16. The minimum absolute atomic E-state index is 0.0599. The predicted molar refractivity (Wildman–Crippen MR) is 141 cm³/mol. The van der Waals surface area contributed by atoms with E-state index in [0.717, 1.165) is 33.5 Å². The molecule has 0 aliphatic carbocycles. The molecule has 2 heterocycles. The van der Waals surface area contributed by atoms with Gasteiger partial charge in [0.25, 0.3) is 0 Å². The molecule has 0 unspecified atom stereocenters. The van der Waals surface area contributed by atoms with E-state index in [1.807, 2.05) is 30.3 Å². The van der Waals surface area contributed by atoms with Gasteiger partial charge in [-0.2, -0.15) is 0 Å². The molecule has 0 atom stereocenters. The summed E-state index contributed by atoms with van der Waals surface area (Å²) in [6, 6.07) is 29.9. The van der Waals surface area contributed by atoms with Crippen LogP contribution in [0.1, 0.15) is 38.7 Å². The second kappa shape index (κ2) is 9.39. The standard InChI is InChI=1S/C31H25NO5/c1-35-27-15-23(31(33)34)13-12-22(27)14-24-18-32(26-17-29-28(16-25(24)26)36-19-37-29)30(20-8-4-2-5-9-20)21-10-6-3-7-11-21/h2-13,15-18,30H,14,19H2,1H3,(H,33,34). The first-order valence-corrected chi connectivity index (χ1v) is 12.1. The number of carboxylic acids is 1. The maximum absolute atomic E-state index is 11.5. The highest BCUT2D eigenvalue weighted by atomic mass is 16.7. The van der Waals surface area contributed by atoms with Crippen LogP contribution in [0.3, 0.4) is 0 Å². The number of ether oxygens (including phenoxy) is 3. The Balaban J connectivity index is 1.55. The summed E-state index contributed by atoms with van der Waals surface area (Å²) in [7, 11) is 1.56. The molecule has 4 aromatic carbocycles. The Morgan fingerprint density at radius 3 is 2.16 bits per heavy atom. The monoisotopic (exact) mass is 491 g/mol. The van der Waals surface area contributed by atoms with Crippen molar-refractivity contribution in [1.29, 1.82) is 0 Å². The Morgan fingerprint density at radius 2 is 1.54 bits per heavy atom. The molecule has 0 fully saturated rings. The SMILES string of the molecule is COc1cc(C(=O)O)ccc1Cc1cn(C(c2ccccc2)c2ccccc2)c2cc3c(cc12)OCO3. The van der Waals surface area contributed by atoms with Crippen LogP contribution in [0.15, 0.2) is 97.2 Å². The molecule has 6 nitrogen and oxygen atoms in total. The van der Waals surface area contributed by atoms with Crippen molar-refractivity contribution in [3.05, 3.63) is 125 Å². The molecule has 6 rings (SSSR count). The van der Waals surface area contributed by atoms with E-state index >= 15 is 0 Å². The van der Waals surface area contributed by atoms with Crippen LogP contribution in [0, 0.1) is 0 Å². The number of rotatable bonds is 7. The van der Waals surface area contributed by atoms with Gasteiger partial charge in [-0.05, 0) is 40.5 Å². The van der Waals surface area contributed by atoms with Crippen LogP contribution in [0.5, 0.6) is 17.2 Å². The minimum atomic E-state index is -0.984. The number of fused-ring (bicyclic) bond motifs is 2. The summed E-state index contributed by atoms with van der Waals surface area (Å²) in [4.78, 5) is 11.5. The molecule has 1 aromatic heterocycles. The lowest BCUT2D eigenvalue weighted by Crippen LogP contribution is -2.11. The number of aromatic nitrogens is 1. The highest BCUT2D eigenvalue weighted by molar-refractivity contribution is 5.89. The lowest BCUT2D eigenvalue weighted by atomic mass is 9.98. The van der Waals surface area contributed by atoms with Crippen LogP contribution in [0.4, 0.5) is 0 Å². The number of aromatic carboxylic acids is 1. The van der Waals surface area contributed by atoms with Gasteiger partial charge in [0.05, 0.1) is 24.2 Å². The smallest absolute Gasteiger partial charge is 0.335 e. The fourth-order valence-corrected chi connectivity index (χ4v) is 5.08. The molecule has 6 heteroatoms. The molecule has 1 aliphatic heterocycles. The van der Waals surface area contributed by atoms with Crippen molar-refractivity contribution in [2.45, 2.75) is 12.5 Å². The van der Waals surface area contributed by atoms with Crippen molar-refractivity contribution < 1.29 is 24.1 Å². The number of hydrogen-bond acceptors (Lipinski definition) is 4.